The first-order chi connectivity index (χ1) is 1.89. The van der Waals surface area contributed by atoms with E-state index in [4.69, 9.17) is 0 Å². The van der Waals surface area contributed by atoms with Crippen molar-refractivity contribution < 1.29 is 0 Å². The van der Waals surface area contributed by atoms with E-state index < -0.39 is 0 Å². The second-order valence-electron chi connectivity index (χ2n) is 1.68. The molecule has 0 aromatic carbocycles. The Labute approximate surface area is 37.6 Å². The highest BCUT2D eigenvalue weighted by molar-refractivity contribution is 5.75. The summed E-state index contributed by atoms with van der Waals surface area (Å²) in [6.07, 6.45) is 2.97. The second kappa shape index (κ2) is 1.60. The van der Waals surface area contributed by atoms with Crippen LogP contribution in [0.3, 0.4) is 0 Å². The van der Waals surface area contributed by atoms with Gasteiger partial charge in [0.05, 0.1) is 0 Å². The van der Waals surface area contributed by atoms with Gasteiger partial charge in [-0.15, -0.1) is 0 Å². The van der Waals surface area contributed by atoms with Crippen molar-refractivity contribution in [2.24, 2.45) is 5.92 Å². The summed E-state index contributed by atoms with van der Waals surface area (Å²) in [4.78, 5) is 0. The van der Waals surface area contributed by atoms with E-state index in [9.17, 15) is 0 Å². The van der Waals surface area contributed by atoms with Crippen LogP contribution in [-0.4, -0.2) is 11.0 Å². The largest absolute Gasteiger partial charge is 0.0625 e. The molecule has 1 heteroatoms. The normalized spacial score (nSPS) is 21.0. The van der Waals surface area contributed by atoms with Crippen molar-refractivity contribution in [3.8, 4) is 0 Å². The van der Waals surface area contributed by atoms with Crippen LogP contribution >= 0.6 is 0 Å². The Morgan fingerprint density at radius 3 is 1.60 bits per heavy atom. The predicted molar refractivity (Wildman–Crippen MR) is 24.2 cm³/mol. The van der Waals surface area contributed by atoms with Crippen LogP contribution in [0.25, 0.3) is 0 Å². The molecule has 0 unspecified atom stereocenters. The van der Waals surface area contributed by atoms with Gasteiger partial charge in [0.25, 0.3) is 0 Å². The maximum absolute atomic E-state index is 2.28. The van der Waals surface area contributed by atoms with Crippen molar-refractivity contribution in [3.05, 3.63) is 0 Å². The molecule has 0 spiro atoms. The molecule has 0 saturated heterocycles. The smallest absolute Gasteiger partial charge is 0 e. The van der Waals surface area contributed by atoms with E-state index >= 15 is 0 Å². The summed E-state index contributed by atoms with van der Waals surface area (Å²) in [5.41, 5.74) is 0. The SMILES string of the molecule is CC1CC1.[Si]. The van der Waals surface area contributed by atoms with Crippen LogP contribution in [0.1, 0.15) is 19.8 Å². The Balaban J connectivity index is 0.000000160. The lowest BCUT2D eigenvalue weighted by Crippen LogP contribution is -1.42. The molecule has 1 rings (SSSR count). The zero-order chi connectivity index (χ0) is 2.99. The van der Waals surface area contributed by atoms with Crippen molar-refractivity contribution in [1.29, 1.82) is 0 Å². The lowest BCUT2D eigenvalue weighted by atomic mass is 10.5. The third kappa shape index (κ3) is 2.00. The molecular formula is C4H8Si. The van der Waals surface area contributed by atoms with Gasteiger partial charge in [-0.3, -0.25) is 0 Å². The maximum atomic E-state index is 2.28. The Morgan fingerprint density at radius 2 is 1.60 bits per heavy atom. The lowest BCUT2D eigenvalue weighted by molar-refractivity contribution is 0.983. The average molecular weight is 84.2 g/mol. The molecule has 0 N–H and O–H groups in total. The van der Waals surface area contributed by atoms with E-state index in [-0.39, 0.29) is 11.0 Å². The summed E-state index contributed by atoms with van der Waals surface area (Å²) in [6.45, 7) is 2.28. The second-order valence-corrected chi connectivity index (χ2v) is 1.68. The summed E-state index contributed by atoms with van der Waals surface area (Å²) < 4.78 is 0. The molecule has 1 saturated carbocycles. The first kappa shape index (κ1) is 5.22. The molecular weight excluding hydrogens is 76.1 g/mol. The monoisotopic (exact) mass is 84.0 g/mol. The molecule has 0 heterocycles. The van der Waals surface area contributed by atoms with Crippen LogP contribution in [0, 0.1) is 5.92 Å². The molecule has 0 aliphatic heterocycles. The van der Waals surface area contributed by atoms with E-state index in [1.54, 1.807) is 0 Å². The molecule has 5 heavy (non-hydrogen) atoms. The summed E-state index contributed by atoms with van der Waals surface area (Å²) in [6, 6.07) is 0. The van der Waals surface area contributed by atoms with Gasteiger partial charge in [-0.1, -0.05) is 19.8 Å². The first-order valence-corrected chi connectivity index (χ1v) is 1.89. The van der Waals surface area contributed by atoms with Gasteiger partial charge < -0.3 is 0 Å². The van der Waals surface area contributed by atoms with Crippen molar-refractivity contribution in [3.63, 3.8) is 0 Å². The minimum atomic E-state index is 0. The van der Waals surface area contributed by atoms with Crippen molar-refractivity contribution >= 4 is 11.0 Å². The van der Waals surface area contributed by atoms with Crippen molar-refractivity contribution in [2.45, 2.75) is 19.8 Å². The fraction of sp³-hybridized carbons (Fsp3) is 1.00. The van der Waals surface area contributed by atoms with Gasteiger partial charge in [-0.25, -0.2) is 0 Å². The van der Waals surface area contributed by atoms with Gasteiger partial charge in [0, 0.05) is 11.0 Å². The first-order valence-electron chi connectivity index (χ1n) is 1.89. The van der Waals surface area contributed by atoms with Crippen LogP contribution in [-0.2, 0) is 0 Å². The minimum absolute atomic E-state index is 0. The topological polar surface area (TPSA) is 0 Å². The van der Waals surface area contributed by atoms with Gasteiger partial charge in [-0.2, -0.15) is 0 Å². The van der Waals surface area contributed by atoms with Crippen LogP contribution in [0.4, 0.5) is 0 Å². The van der Waals surface area contributed by atoms with Gasteiger partial charge in [0.1, 0.15) is 0 Å². The molecule has 28 valence electrons. The Morgan fingerprint density at radius 1 is 1.40 bits per heavy atom. The zero-order valence-electron chi connectivity index (χ0n) is 3.49. The molecule has 0 bridgehead atoms. The van der Waals surface area contributed by atoms with Gasteiger partial charge >= 0.3 is 0 Å². The Kier molecular flexibility index (Phi) is 1.67. The van der Waals surface area contributed by atoms with Gasteiger partial charge in [-0.05, 0) is 5.92 Å². The summed E-state index contributed by atoms with van der Waals surface area (Å²) in [5, 5.41) is 0. The third-order valence-electron chi connectivity index (χ3n) is 0.866. The molecule has 1 fully saturated rings. The Bertz CT molecular complexity index is 22.8. The average Bonchev–Trinajstić information content (AvgIpc) is 1.75. The number of hydrogen-bond acceptors (Lipinski definition) is 0. The molecule has 0 aromatic heterocycles. The van der Waals surface area contributed by atoms with E-state index in [0.29, 0.717) is 0 Å². The van der Waals surface area contributed by atoms with Gasteiger partial charge in [0.15, 0.2) is 0 Å². The van der Waals surface area contributed by atoms with E-state index in [1.807, 2.05) is 0 Å². The quantitative estimate of drug-likeness (QED) is 0.385. The number of rotatable bonds is 0. The maximum Gasteiger partial charge on any atom is 0 e. The van der Waals surface area contributed by atoms with Crippen molar-refractivity contribution in [1.82, 2.24) is 0 Å². The standard InChI is InChI=1S/C4H8.Si/c1-4-2-3-4;/h4H,2-3H2,1H3;. The van der Waals surface area contributed by atoms with Crippen molar-refractivity contribution in [2.75, 3.05) is 0 Å². The van der Waals surface area contributed by atoms with E-state index in [1.165, 1.54) is 12.8 Å². The lowest BCUT2D eigenvalue weighted by Gasteiger charge is -1.53. The fourth-order valence-electron chi connectivity index (χ4n) is 0.167. The molecule has 4 radical (unpaired) electrons. The van der Waals surface area contributed by atoms with E-state index in [0.717, 1.165) is 5.92 Å². The highest BCUT2D eigenvalue weighted by atomic mass is 28.1. The minimum Gasteiger partial charge on any atom is -0.0625 e. The van der Waals surface area contributed by atoms with Crippen LogP contribution in [0.5, 0.6) is 0 Å². The van der Waals surface area contributed by atoms with Gasteiger partial charge in [0.2, 0.25) is 0 Å². The molecule has 0 aromatic rings. The highest BCUT2D eigenvalue weighted by Crippen LogP contribution is 2.26. The number of hydrogen-bond donors (Lipinski definition) is 0. The molecule has 0 amide bonds. The third-order valence-corrected chi connectivity index (χ3v) is 0.866. The molecule has 1 aliphatic carbocycles. The van der Waals surface area contributed by atoms with E-state index in [2.05, 4.69) is 6.92 Å². The fourth-order valence-corrected chi connectivity index (χ4v) is 0.167. The van der Waals surface area contributed by atoms with Crippen LogP contribution in [0.15, 0.2) is 0 Å². The van der Waals surface area contributed by atoms with Crippen LogP contribution < -0.4 is 0 Å². The predicted octanol–water partition coefficient (Wildman–Crippen LogP) is 1.04. The Hall–Kier alpha value is 0.217. The zero-order valence-corrected chi connectivity index (χ0v) is 4.49. The van der Waals surface area contributed by atoms with Crippen LogP contribution in [0.2, 0.25) is 0 Å². The highest BCUT2D eigenvalue weighted by Gasteiger charge is 2.12. The molecule has 0 nitrogen and oxygen atoms in total. The summed E-state index contributed by atoms with van der Waals surface area (Å²) in [7, 11) is 0. The molecule has 1 aliphatic rings. The summed E-state index contributed by atoms with van der Waals surface area (Å²) in [5.74, 6) is 1.08. The summed E-state index contributed by atoms with van der Waals surface area (Å²) >= 11 is 0. The molecule has 0 atom stereocenters.